The minimum absolute atomic E-state index is 0.118. The van der Waals surface area contributed by atoms with Crippen LogP contribution in [0.4, 0.5) is 0 Å². The molecule has 23 heavy (non-hydrogen) atoms. The molecule has 0 saturated heterocycles. The average molecular weight is 380 g/mol. The highest BCUT2D eigenvalue weighted by atomic mass is 79.9. The topological polar surface area (TPSA) is 58.4 Å². The number of amides is 1. The molecule has 0 aliphatic carbocycles. The SMILES string of the molecule is Cc1noc(C)c1CNCCC(=O)N(C)Cc1ccccc1Br. The second-order valence-electron chi connectivity index (χ2n) is 5.57. The summed E-state index contributed by atoms with van der Waals surface area (Å²) in [6, 6.07) is 7.94. The van der Waals surface area contributed by atoms with Crippen LogP contribution in [0.5, 0.6) is 0 Å². The number of nitrogens with zero attached hydrogens (tertiary/aromatic N) is 2. The van der Waals surface area contributed by atoms with Crippen molar-refractivity contribution in [1.82, 2.24) is 15.4 Å². The van der Waals surface area contributed by atoms with Gasteiger partial charge in [0.1, 0.15) is 5.76 Å². The van der Waals surface area contributed by atoms with E-state index >= 15 is 0 Å². The molecule has 0 atom stereocenters. The van der Waals surface area contributed by atoms with Gasteiger partial charge in [-0.05, 0) is 25.5 Å². The van der Waals surface area contributed by atoms with E-state index < -0.39 is 0 Å². The number of hydrogen-bond donors (Lipinski definition) is 1. The Labute approximate surface area is 145 Å². The molecular formula is C17H22BrN3O2. The molecule has 2 aromatic rings. The van der Waals surface area contributed by atoms with Gasteiger partial charge in [0, 0.05) is 43.1 Å². The van der Waals surface area contributed by atoms with Gasteiger partial charge in [0.15, 0.2) is 0 Å². The zero-order chi connectivity index (χ0) is 16.8. The van der Waals surface area contributed by atoms with Gasteiger partial charge < -0.3 is 14.7 Å². The van der Waals surface area contributed by atoms with Crippen LogP contribution in [0.3, 0.4) is 0 Å². The third-order valence-corrected chi connectivity index (χ3v) is 4.56. The van der Waals surface area contributed by atoms with Crippen molar-refractivity contribution in [3.8, 4) is 0 Å². The Morgan fingerprint density at radius 2 is 2.09 bits per heavy atom. The molecule has 1 aromatic carbocycles. The normalized spacial score (nSPS) is 10.8. The van der Waals surface area contributed by atoms with E-state index in [1.165, 1.54) is 0 Å². The van der Waals surface area contributed by atoms with Crippen molar-refractivity contribution in [1.29, 1.82) is 0 Å². The molecule has 0 aliphatic rings. The van der Waals surface area contributed by atoms with E-state index in [2.05, 4.69) is 26.4 Å². The van der Waals surface area contributed by atoms with E-state index in [1.54, 1.807) is 4.90 Å². The molecule has 124 valence electrons. The lowest BCUT2D eigenvalue weighted by Gasteiger charge is -2.18. The number of hydrogen-bond acceptors (Lipinski definition) is 4. The van der Waals surface area contributed by atoms with E-state index in [0.29, 0.717) is 26.1 Å². The van der Waals surface area contributed by atoms with Crippen molar-refractivity contribution >= 4 is 21.8 Å². The van der Waals surface area contributed by atoms with Crippen LogP contribution in [0.2, 0.25) is 0 Å². The molecule has 1 heterocycles. The summed E-state index contributed by atoms with van der Waals surface area (Å²) in [6.07, 6.45) is 0.463. The molecule has 0 unspecified atom stereocenters. The van der Waals surface area contributed by atoms with Gasteiger partial charge in [0.05, 0.1) is 5.69 Å². The minimum Gasteiger partial charge on any atom is -0.361 e. The number of nitrogens with one attached hydrogen (secondary N) is 1. The highest BCUT2D eigenvalue weighted by Gasteiger charge is 2.11. The lowest BCUT2D eigenvalue weighted by molar-refractivity contribution is -0.130. The molecule has 0 fully saturated rings. The molecule has 1 N–H and O–H groups in total. The molecule has 0 radical (unpaired) electrons. The Bertz CT molecular complexity index is 650. The predicted octanol–water partition coefficient (Wildman–Crippen LogP) is 3.19. The Hall–Kier alpha value is -1.66. The van der Waals surface area contributed by atoms with Gasteiger partial charge in [0.2, 0.25) is 5.91 Å². The van der Waals surface area contributed by atoms with Crippen molar-refractivity contribution in [3.05, 3.63) is 51.3 Å². The number of rotatable bonds is 7. The van der Waals surface area contributed by atoms with Gasteiger partial charge in [-0.3, -0.25) is 4.79 Å². The fourth-order valence-electron chi connectivity index (χ4n) is 2.32. The molecular weight excluding hydrogens is 358 g/mol. The van der Waals surface area contributed by atoms with Crippen LogP contribution in [0, 0.1) is 13.8 Å². The van der Waals surface area contributed by atoms with Crippen LogP contribution in [-0.4, -0.2) is 29.6 Å². The Morgan fingerprint density at radius 1 is 1.35 bits per heavy atom. The molecule has 0 aliphatic heterocycles. The van der Waals surface area contributed by atoms with Crippen LogP contribution in [0.1, 0.15) is 29.0 Å². The Kier molecular flexibility index (Phi) is 6.36. The standard InChI is InChI=1S/C17H22BrN3O2/c1-12-15(13(2)23-20-12)10-19-9-8-17(22)21(3)11-14-6-4-5-7-16(14)18/h4-7,19H,8-11H2,1-3H3. The van der Waals surface area contributed by atoms with Crippen molar-refractivity contribution in [2.75, 3.05) is 13.6 Å². The van der Waals surface area contributed by atoms with Crippen molar-refractivity contribution < 1.29 is 9.32 Å². The Balaban J connectivity index is 1.75. The zero-order valence-corrected chi connectivity index (χ0v) is 15.3. The maximum atomic E-state index is 12.2. The Morgan fingerprint density at radius 3 is 2.74 bits per heavy atom. The minimum atomic E-state index is 0.118. The van der Waals surface area contributed by atoms with Crippen LogP contribution in [0.25, 0.3) is 0 Å². The molecule has 0 spiro atoms. The van der Waals surface area contributed by atoms with Crippen LogP contribution in [0.15, 0.2) is 33.3 Å². The van der Waals surface area contributed by atoms with Gasteiger partial charge in [-0.2, -0.15) is 0 Å². The number of carbonyl (C=O) groups excluding carboxylic acids is 1. The molecule has 1 amide bonds. The van der Waals surface area contributed by atoms with E-state index in [9.17, 15) is 4.79 Å². The average Bonchev–Trinajstić information content (AvgIpc) is 2.85. The second kappa shape index (κ2) is 8.26. The van der Waals surface area contributed by atoms with Gasteiger partial charge in [-0.25, -0.2) is 0 Å². The molecule has 0 saturated carbocycles. The van der Waals surface area contributed by atoms with Gasteiger partial charge in [0.25, 0.3) is 0 Å². The summed E-state index contributed by atoms with van der Waals surface area (Å²) in [5.74, 6) is 0.944. The molecule has 5 nitrogen and oxygen atoms in total. The van der Waals surface area contributed by atoms with Crippen molar-refractivity contribution in [3.63, 3.8) is 0 Å². The lowest BCUT2D eigenvalue weighted by atomic mass is 10.2. The van der Waals surface area contributed by atoms with E-state index in [-0.39, 0.29) is 5.91 Å². The summed E-state index contributed by atoms with van der Waals surface area (Å²) < 4.78 is 6.14. The fraction of sp³-hybridized carbons (Fsp3) is 0.412. The largest absolute Gasteiger partial charge is 0.361 e. The van der Waals surface area contributed by atoms with E-state index in [4.69, 9.17) is 4.52 Å². The van der Waals surface area contributed by atoms with E-state index in [0.717, 1.165) is 27.1 Å². The predicted molar refractivity (Wildman–Crippen MR) is 92.9 cm³/mol. The number of aryl methyl sites for hydroxylation is 2. The highest BCUT2D eigenvalue weighted by molar-refractivity contribution is 9.10. The fourth-order valence-corrected chi connectivity index (χ4v) is 2.73. The first-order chi connectivity index (χ1) is 11.0. The van der Waals surface area contributed by atoms with Crippen molar-refractivity contribution in [2.45, 2.75) is 33.4 Å². The zero-order valence-electron chi connectivity index (χ0n) is 13.7. The molecule has 2 rings (SSSR count). The summed E-state index contributed by atoms with van der Waals surface area (Å²) in [6.45, 7) is 5.72. The van der Waals surface area contributed by atoms with Crippen molar-refractivity contribution in [2.24, 2.45) is 0 Å². The maximum absolute atomic E-state index is 12.2. The lowest BCUT2D eigenvalue weighted by Crippen LogP contribution is -2.29. The first kappa shape index (κ1) is 17.7. The number of halogens is 1. The first-order valence-corrected chi connectivity index (χ1v) is 8.38. The monoisotopic (exact) mass is 379 g/mol. The summed E-state index contributed by atoms with van der Waals surface area (Å²) in [7, 11) is 1.83. The smallest absolute Gasteiger partial charge is 0.223 e. The molecule has 6 heteroatoms. The van der Waals surface area contributed by atoms with E-state index in [1.807, 2.05) is 45.2 Å². The van der Waals surface area contributed by atoms with Gasteiger partial charge in [-0.1, -0.05) is 39.3 Å². The van der Waals surface area contributed by atoms with Gasteiger partial charge in [-0.15, -0.1) is 0 Å². The number of carbonyl (C=O) groups is 1. The highest BCUT2D eigenvalue weighted by Crippen LogP contribution is 2.17. The quantitative estimate of drug-likeness (QED) is 0.750. The third-order valence-electron chi connectivity index (χ3n) is 3.79. The summed E-state index contributed by atoms with van der Waals surface area (Å²) in [5.41, 5.74) is 3.07. The summed E-state index contributed by atoms with van der Waals surface area (Å²) in [5, 5.41) is 7.19. The summed E-state index contributed by atoms with van der Waals surface area (Å²) >= 11 is 3.51. The number of aromatic nitrogens is 1. The van der Waals surface area contributed by atoms with Crippen LogP contribution >= 0.6 is 15.9 Å². The first-order valence-electron chi connectivity index (χ1n) is 7.59. The number of benzene rings is 1. The van der Waals surface area contributed by atoms with Crippen LogP contribution in [-0.2, 0) is 17.9 Å². The summed E-state index contributed by atoms with van der Waals surface area (Å²) in [4.78, 5) is 13.9. The van der Waals surface area contributed by atoms with Crippen LogP contribution < -0.4 is 5.32 Å². The maximum Gasteiger partial charge on any atom is 0.223 e. The second-order valence-corrected chi connectivity index (χ2v) is 6.43. The van der Waals surface area contributed by atoms with Gasteiger partial charge >= 0.3 is 0 Å². The molecule has 0 bridgehead atoms. The third kappa shape index (κ3) is 4.91. The molecule has 1 aromatic heterocycles.